The summed E-state index contributed by atoms with van der Waals surface area (Å²) in [6, 6.07) is 4.81. The number of nitrogens with zero attached hydrogens (tertiary/aromatic N) is 2. The van der Waals surface area contributed by atoms with E-state index in [9.17, 15) is 14.9 Å². The van der Waals surface area contributed by atoms with Crippen LogP contribution in [0.5, 0.6) is 0 Å². The van der Waals surface area contributed by atoms with Gasteiger partial charge < -0.3 is 5.32 Å². The fraction of sp³-hybridized carbons (Fsp3) is 0.462. The molecule has 1 amide bonds. The Balaban J connectivity index is 2.08. The highest BCUT2D eigenvalue weighted by Crippen LogP contribution is 2.39. The lowest BCUT2D eigenvalue weighted by Gasteiger charge is -2.43. The molecule has 1 spiro atoms. The van der Waals surface area contributed by atoms with Gasteiger partial charge in [-0.1, -0.05) is 0 Å². The van der Waals surface area contributed by atoms with Crippen molar-refractivity contribution in [3.63, 3.8) is 0 Å². The molecule has 19 heavy (non-hydrogen) atoms. The number of nitrogens with one attached hydrogen (secondary N) is 1. The molecule has 6 heteroatoms. The van der Waals surface area contributed by atoms with E-state index in [4.69, 9.17) is 0 Å². The van der Waals surface area contributed by atoms with Crippen molar-refractivity contribution >= 4 is 23.0 Å². The van der Waals surface area contributed by atoms with Crippen LogP contribution in [0.15, 0.2) is 18.2 Å². The smallest absolute Gasteiger partial charge is 0.280 e. The van der Waals surface area contributed by atoms with Crippen molar-refractivity contribution in [2.24, 2.45) is 0 Å². The highest BCUT2D eigenvalue weighted by molar-refractivity contribution is 6.00. The van der Waals surface area contributed by atoms with Crippen molar-refractivity contribution < 1.29 is 9.72 Å². The summed E-state index contributed by atoms with van der Waals surface area (Å²) in [5.74, 6) is -0.0464. The highest BCUT2D eigenvalue weighted by atomic mass is 16.6. The zero-order valence-electron chi connectivity index (χ0n) is 10.6. The maximum atomic E-state index is 11.9. The molecule has 3 rings (SSSR count). The first-order valence-corrected chi connectivity index (χ1v) is 6.56. The molecule has 1 saturated heterocycles. The molecule has 100 valence electrons. The van der Waals surface area contributed by atoms with E-state index in [0.717, 1.165) is 31.6 Å². The molecule has 2 aliphatic rings. The number of amides is 1. The van der Waals surface area contributed by atoms with E-state index in [1.54, 1.807) is 6.07 Å². The largest absolute Gasteiger partial charge is 0.316 e. The van der Waals surface area contributed by atoms with Gasteiger partial charge in [0.25, 0.3) is 11.6 Å². The second-order valence-corrected chi connectivity index (χ2v) is 5.32. The number of hydrogen-bond donors (Lipinski definition) is 1. The van der Waals surface area contributed by atoms with Gasteiger partial charge in [-0.25, -0.2) is 0 Å². The van der Waals surface area contributed by atoms with E-state index in [1.807, 2.05) is 0 Å². The van der Waals surface area contributed by atoms with Crippen LogP contribution < -0.4 is 9.80 Å². The Morgan fingerprint density at radius 3 is 2.63 bits per heavy atom. The molecule has 0 aliphatic carbocycles. The Morgan fingerprint density at radius 2 is 1.95 bits per heavy atom. The Bertz CT molecular complexity index is 550. The number of hydrogen-bond acceptors (Lipinski definition) is 3. The molecule has 6 nitrogen and oxygen atoms in total. The molecule has 2 aliphatic heterocycles. The quantitative estimate of drug-likeness (QED) is 0.478. The maximum absolute atomic E-state index is 11.9. The lowest BCUT2D eigenvalue weighted by molar-refractivity contribution is -0.384. The van der Waals surface area contributed by atoms with E-state index in [1.165, 1.54) is 18.6 Å². The van der Waals surface area contributed by atoms with Crippen molar-refractivity contribution in [1.82, 2.24) is 4.48 Å². The Labute approximate surface area is 110 Å². The standard InChI is InChI=1S/C13H15N3O3/c17-13-9-16(6-2-1-3-7-16)12-5-4-10(15(18)19)8-11(12)14-13/h4-5,8H,1-3,6-7,9H2/p+1. The second-order valence-electron chi connectivity index (χ2n) is 5.32. The van der Waals surface area contributed by atoms with Crippen molar-refractivity contribution in [3.8, 4) is 0 Å². The third-order valence-corrected chi connectivity index (χ3v) is 4.09. The van der Waals surface area contributed by atoms with Gasteiger partial charge in [0.1, 0.15) is 5.69 Å². The van der Waals surface area contributed by atoms with Gasteiger partial charge in [-0.3, -0.25) is 19.4 Å². The first kappa shape index (κ1) is 12.1. The molecule has 0 saturated carbocycles. The number of quaternary nitrogens is 1. The van der Waals surface area contributed by atoms with Crippen LogP contribution in [0.25, 0.3) is 0 Å². The van der Waals surface area contributed by atoms with Crippen LogP contribution in [0.1, 0.15) is 19.3 Å². The highest BCUT2D eigenvalue weighted by Gasteiger charge is 2.41. The first-order chi connectivity index (χ1) is 9.11. The lowest BCUT2D eigenvalue weighted by atomic mass is 10.0. The summed E-state index contributed by atoms with van der Waals surface area (Å²) in [5, 5.41) is 13.6. The Morgan fingerprint density at radius 1 is 1.21 bits per heavy atom. The minimum absolute atomic E-state index is 0.0242. The van der Waals surface area contributed by atoms with Crippen molar-refractivity contribution in [2.75, 3.05) is 25.0 Å². The summed E-state index contributed by atoms with van der Waals surface area (Å²) in [4.78, 5) is 22.3. The van der Waals surface area contributed by atoms with E-state index in [-0.39, 0.29) is 11.6 Å². The van der Waals surface area contributed by atoms with Crippen LogP contribution in [-0.4, -0.2) is 30.5 Å². The molecule has 1 N–H and O–H groups in total. The number of benzene rings is 1. The molecule has 2 heterocycles. The van der Waals surface area contributed by atoms with Gasteiger partial charge in [0, 0.05) is 18.2 Å². The monoisotopic (exact) mass is 262 g/mol. The van der Waals surface area contributed by atoms with Crippen LogP contribution in [0.4, 0.5) is 17.1 Å². The summed E-state index contributed by atoms with van der Waals surface area (Å²) < 4.78 is 0.652. The molecular formula is C13H16N3O3+. The average molecular weight is 262 g/mol. The van der Waals surface area contributed by atoms with Crippen LogP contribution in [0, 0.1) is 10.1 Å². The molecule has 0 atom stereocenters. The number of carbonyl (C=O) groups excluding carboxylic acids is 1. The number of carbonyl (C=O) groups is 1. The summed E-state index contributed by atoms with van der Waals surface area (Å²) in [6.07, 6.45) is 3.40. The van der Waals surface area contributed by atoms with Gasteiger partial charge in [-0.15, -0.1) is 0 Å². The fourth-order valence-corrected chi connectivity index (χ4v) is 3.22. The third-order valence-electron chi connectivity index (χ3n) is 4.09. The van der Waals surface area contributed by atoms with Crippen molar-refractivity contribution in [1.29, 1.82) is 0 Å². The molecule has 0 radical (unpaired) electrons. The topological polar surface area (TPSA) is 72.2 Å². The van der Waals surface area contributed by atoms with Crippen LogP contribution in [0.3, 0.4) is 0 Å². The number of non-ortho nitro benzene ring substituents is 1. The number of anilines is 1. The molecular weight excluding hydrogens is 246 g/mol. The number of nitro benzene ring substituents is 1. The summed E-state index contributed by atoms with van der Waals surface area (Å²) in [5.41, 5.74) is 1.65. The number of nitro groups is 1. The normalized spacial score (nSPS) is 20.7. The van der Waals surface area contributed by atoms with Gasteiger partial charge in [-0.05, 0) is 19.3 Å². The first-order valence-electron chi connectivity index (χ1n) is 6.56. The van der Waals surface area contributed by atoms with E-state index in [0.29, 0.717) is 16.7 Å². The van der Waals surface area contributed by atoms with Gasteiger partial charge >= 0.3 is 0 Å². The van der Waals surface area contributed by atoms with E-state index in [2.05, 4.69) is 5.32 Å². The van der Waals surface area contributed by atoms with E-state index >= 15 is 0 Å². The van der Waals surface area contributed by atoms with Gasteiger partial charge in [0.2, 0.25) is 0 Å². The molecule has 0 unspecified atom stereocenters. The summed E-state index contributed by atoms with van der Waals surface area (Å²) in [6.45, 7) is 2.33. The van der Waals surface area contributed by atoms with E-state index < -0.39 is 4.92 Å². The molecule has 1 aromatic rings. The fourth-order valence-electron chi connectivity index (χ4n) is 3.22. The Hall–Kier alpha value is -1.95. The number of fused-ring (bicyclic) bond motifs is 2. The number of rotatable bonds is 1. The summed E-state index contributed by atoms with van der Waals surface area (Å²) in [7, 11) is 0. The SMILES string of the molecule is O=C1C[N+]2(CCCCC2)c2ccc([N+](=O)[O-])cc2N1. The minimum Gasteiger partial charge on any atom is -0.316 e. The van der Waals surface area contributed by atoms with Gasteiger partial charge in [0.05, 0.1) is 18.0 Å². The van der Waals surface area contributed by atoms with Crippen molar-refractivity contribution in [2.45, 2.75) is 19.3 Å². The zero-order valence-corrected chi connectivity index (χ0v) is 10.6. The Kier molecular flexibility index (Phi) is 2.74. The molecule has 1 fully saturated rings. The van der Waals surface area contributed by atoms with Gasteiger partial charge in [0.15, 0.2) is 12.2 Å². The van der Waals surface area contributed by atoms with Crippen LogP contribution in [-0.2, 0) is 4.79 Å². The predicted molar refractivity (Wildman–Crippen MR) is 72.0 cm³/mol. The zero-order chi connectivity index (χ0) is 13.5. The average Bonchev–Trinajstić information content (AvgIpc) is 2.38. The molecule has 0 bridgehead atoms. The maximum Gasteiger partial charge on any atom is 0.280 e. The molecule has 0 aromatic heterocycles. The molecule has 1 aromatic carbocycles. The summed E-state index contributed by atoms with van der Waals surface area (Å²) >= 11 is 0. The predicted octanol–water partition coefficient (Wildman–Crippen LogP) is 2.04. The third kappa shape index (κ3) is 1.98. The van der Waals surface area contributed by atoms with Crippen LogP contribution >= 0.6 is 0 Å². The van der Waals surface area contributed by atoms with Gasteiger partial charge in [-0.2, -0.15) is 0 Å². The van der Waals surface area contributed by atoms with Crippen LogP contribution in [0.2, 0.25) is 0 Å². The number of piperidine rings is 1. The second kappa shape index (κ2) is 4.31. The van der Waals surface area contributed by atoms with Crippen molar-refractivity contribution in [3.05, 3.63) is 28.3 Å². The lowest BCUT2D eigenvalue weighted by Crippen LogP contribution is -2.59. The minimum atomic E-state index is -0.429.